The molecular weight excluding hydrogens is 477 g/mol. The van der Waals surface area contributed by atoms with Gasteiger partial charge in [-0.15, -0.1) is 0 Å². The Morgan fingerprint density at radius 1 is 1.18 bits per heavy atom. The Bertz CT molecular complexity index is 1190. The van der Waals surface area contributed by atoms with Gasteiger partial charge in [0.1, 0.15) is 5.82 Å². The van der Waals surface area contributed by atoms with Crippen LogP contribution in [0.3, 0.4) is 0 Å². The predicted molar refractivity (Wildman–Crippen MR) is 155 cm³/mol. The molecule has 0 radical (unpaired) electrons. The highest BCUT2D eigenvalue weighted by Gasteiger charge is 2.42. The third kappa shape index (κ3) is 5.69. The number of nitrogens with two attached hydrogens (primary N) is 1. The van der Waals surface area contributed by atoms with Crippen LogP contribution in [0.1, 0.15) is 63.6 Å². The Morgan fingerprint density at radius 2 is 1.89 bits per heavy atom. The van der Waals surface area contributed by atoms with Gasteiger partial charge in [-0.1, -0.05) is 39.0 Å². The number of ketones is 1. The molecule has 2 aliphatic rings. The fraction of sp³-hybridized carbons (Fsp3) is 0.484. The van der Waals surface area contributed by atoms with Gasteiger partial charge in [0.15, 0.2) is 5.78 Å². The summed E-state index contributed by atoms with van der Waals surface area (Å²) in [7, 11) is 0. The Labute approximate surface area is 226 Å². The van der Waals surface area contributed by atoms with Gasteiger partial charge in [0.25, 0.3) is 0 Å². The summed E-state index contributed by atoms with van der Waals surface area (Å²) in [6.45, 7) is 10.3. The van der Waals surface area contributed by atoms with E-state index in [1.807, 2.05) is 6.92 Å². The molecule has 38 heavy (non-hydrogen) atoms. The number of carbonyl (C=O) groups excluding carboxylic acids is 1. The lowest BCUT2D eigenvalue weighted by atomic mass is 9.75. The van der Waals surface area contributed by atoms with Gasteiger partial charge in [-0.2, -0.15) is 0 Å². The lowest BCUT2D eigenvalue weighted by molar-refractivity contribution is -0.119. The van der Waals surface area contributed by atoms with Gasteiger partial charge < -0.3 is 16.0 Å². The first-order chi connectivity index (χ1) is 18.2. The van der Waals surface area contributed by atoms with E-state index in [-0.39, 0.29) is 29.6 Å². The van der Waals surface area contributed by atoms with Crippen LogP contribution in [-0.4, -0.2) is 48.8 Å². The predicted octanol–water partition coefficient (Wildman–Crippen LogP) is 5.59. The molecule has 3 N–H and O–H groups in total. The second kappa shape index (κ2) is 11.8. The van der Waals surface area contributed by atoms with E-state index in [0.29, 0.717) is 25.3 Å². The third-order valence-corrected chi connectivity index (χ3v) is 8.17. The topological polar surface area (TPSA) is 76.7 Å². The number of halogens is 1. The number of rotatable bonds is 10. The minimum atomic E-state index is -0.281. The molecule has 2 aromatic rings. The zero-order valence-electron chi connectivity index (χ0n) is 23.3. The van der Waals surface area contributed by atoms with E-state index in [9.17, 15) is 9.18 Å². The van der Waals surface area contributed by atoms with Crippen molar-refractivity contribution in [2.24, 2.45) is 11.1 Å². The van der Waals surface area contributed by atoms with Crippen molar-refractivity contribution in [2.45, 2.75) is 65.8 Å². The molecule has 1 heterocycles. The average Bonchev–Trinajstić information content (AvgIpc) is 2.96. The zero-order chi connectivity index (χ0) is 27.4. The molecular formula is C31H42FN5O. The van der Waals surface area contributed by atoms with Crippen molar-refractivity contribution in [3.05, 3.63) is 65.0 Å². The van der Waals surface area contributed by atoms with Crippen LogP contribution in [0.2, 0.25) is 0 Å². The van der Waals surface area contributed by atoms with Gasteiger partial charge >= 0.3 is 0 Å². The van der Waals surface area contributed by atoms with E-state index < -0.39 is 0 Å². The number of fused-ring (bicyclic) bond motifs is 1. The van der Waals surface area contributed by atoms with Crippen LogP contribution in [-0.2, 0) is 17.6 Å². The minimum absolute atomic E-state index is 0.000426. The highest BCUT2D eigenvalue weighted by atomic mass is 19.1. The van der Waals surface area contributed by atoms with Gasteiger partial charge in [-0.25, -0.2) is 9.40 Å². The standard InChI is InChI=1S/C31H42FN5O/c1-5-17-36-30(31(4,6-2)18-26(38)20-37(36)25-11-9-24(32)10-12-25)16-8-23-7-15-29(28-14-13-27(23)28)35(21-33)19-22(3)34/h7-12,15-16,30,34H,5-6,13-14,17-21,33H2,1-4H3. The molecule has 0 aromatic heterocycles. The maximum atomic E-state index is 13.7. The van der Waals surface area contributed by atoms with Crippen LogP contribution in [0.15, 0.2) is 42.5 Å². The summed E-state index contributed by atoms with van der Waals surface area (Å²) in [6.07, 6.45) is 8.87. The number of nitrogens with one attached hydrogen (secondary N) is 1. The first-order valence-corrected chi connectivity index (χ1v) is 13.8. The number of hydrazine groups is 1. The number of Topliss-reactive ketones (excluding diaryl/α,β-unsaturated/α-hetero) is 1. The monoisotopic (exact) mass is 519 g/mol. The molecule has 0 spiro atoms. The van der Waals surface area contributed by atoms with Crippen LogP contribution in [0, 0.1) is 16.6 Å². The molecule has 7 heteroatoms. The van der Waals surface area contributed by atoms with Crippen molar-refractivity contribution in [1.29, 1.82) is 5.41 Å². The third-order valence-electron chi connectivity index (χ3n) is 8.17. The van der Waals surface area contributed by atoms with E-state index in [0.717, 1.165) is 43.6 Å². The van der Waals surface area contributed by atoms with Crippen LogP contribution >= 0.6 is 0 Å². The summed E-state index contributed by atoms with van der Waals surface area (Å²) in [5.74, 6) is -0.0792. The molecule has 6 nitrogen and oxygen atoms in total. The second-order valence-electron chi connectivity index (χ2n) is 11.0. The van der Waals surface area contributed by atoms with Crippen molar-refractivity contribution in [2.75, 3.05) is 36.2 Å². The first-order valence-electron chi connectivity index (χ1n) is 13.8. The van der Waals surface area contributed by atoms with Crippen LogP contribution in [0.5, 0.6) is 0 Å². The molecule has 1 fully saturated rings. The summed E-state index contributed by atoms with van der Waals surface area (Å²) in [5.41, 5.74) is 12.2. The number of benzene rings is 2. The summed E-state index contributed by atoms with van der Waals surface area (Å²) in [6, 6.07) is 10.8. The van der Waals surface area contributed by atoms with E-state index in [1.165, 1.54) is 28.8 Å². The van der Waals surface area contributed by atoms with Crippen molar-refractivity contribution in [1.82, 2.24) is 5.01 Å². The maximum Gasteiger partial charge on any atom is 0.154 e. The lowest BCUT2D eigenvalue weighted by Gasteiger charge is -2.44. The Hall–Kier alpha value is -3.03. The van der Waals surface area contributed by atoms with Crippen molar-refractivity contribution in [3.63, 3.8) is 0 Å². The van der Waals surface area contributed by atoms with Gasteiger partial charge in [0.05, 0.1) is 31.5 Å². The van der Waals surface area contributed by atoms with Gasteiger partial charge in [0.2, 0.25) is 0 Å². The Morgan fingerprint density at radius 3 is 2.47 bits per heavy atom. The first kappa shape index (κ1) is 28.0. The van der Waals surface area contributed by atoms with Crippen LogP contribution in [0.25, 0.3) is 6.08 Å². The van der Waals surface area contributed by atoms with Gasteiger partial charge in [0, 0.05) is 24.4 Å². The number of carbonyl (C=O) groups is 1. The quantitative estimate of drug-likeness (QED) is 0.316. The summed E-state index contributed by atoms with van der Waals surface area (Å²) >= 11 is 0. The fourth-order valence-corrected chi connectivity index (χ4v) is 5.91. The summed E-state index contributed by atoms with van der Waals surface area (Å²) in [5, 5.41) is 12.3. The van der Waals surface area contributed by atoms with E-state index >= 15 is 0 Å². The Kier molecular flexibility index (Phi) is 8.68. The van der Waals surface area contributed by atoms with Crippen LogP contribution in [0.4, 0.5) is 15.8 Å². The number of nitrogens with zero attached hydrogens (tertiary/aromatic N) is 3. The lowest BCUT2D eigenvalue weighted by Crippen LogP contribution is -2.52. The SMILES string of the molecule is CCCN1C(C=Cc2ccc(N(CN)CC(C)=N)c3c2CC3)C(C)(CC)CC(=O)CN1c1ccc(F)cc1. The molecule has 204 valence electrons. The summed E-state index contributed by atoms with van der Waals surface area (Å²) < 4.78 is 13.7. The second-order valence-corrected chi connectivity index (χ2v) is 11.0. The normalized spacial score (nSPS) is 21.8. The molecule has 2 unspecified atom stereocenters. The highest BCUT2D eigenvalue weighted by molar-refractivity contribution is 5.85. The zero-order valence-corrected chi connectivity index (χ0v) is 23.3. The van der Waals surface area contributed by atoms with Crippen LogP contribution < -0.4 is 15.6 Å². The highest BCUT2D eigenvalue weighted by Crippen LogP contribution is 2.41. The molecule has 0 saturated carbocycles. The molecule has 1 saturated heterocycles. The molecule has 0 bridgehead atoms. The number of hydrogen-bond donors (Lipinski definition) is 2. The van der Waals surface area contributed by atoms with Gasteiger partial charge in [-0.05, 0) is 85.0 Å². The molecule has 4 rings (SSSR count). The van der Waals surface area contributed by atoms with Crippen molar-refractivity contribution in [3.8, 4) is 0 Å². The number of hydrogen-bond acceptors (Lipinski definition) is 6. The van der Waals surface area contributed by atoms with E-state index in [4.69, 9.17) is 11.1 Å². The minimum Gasteiger partial charge on any atom is -0.353 e. The molecule has 1 aliphatic heterocycles. The summed E-state index contributed by atoms with van der Waals surface area (Å²) in [4.78, 5) is 15.3. The molecule has 2 atom stereocenters. The smallest absolute Gasteiger partial charge is 0.154 e. The molecule has 1 aliphatic carbocycles. The van der Waals surface area contributed by atoms with E-state index in [1.54, 1.807) is 12.1 Å². The van der Waals surface area contributed by atoms with Crippen molar-refractivity contribution >= 4 is 28.9 Å². The maximum absolute atomic E-state index is 13.7. The fourth-order valence-electron chi connectivity index (χ4n) is 5.91. The molecule has 0 amide bonds. The van der Waals surface area contributed by atoms with Crippen molar-refractivity contribution < 1.29 is 9.18 Å². The number of anilines is 2. The Balaban J connectivity index is 1.72. The average molecular weight is 520 g/mol. The largest absolute Gasteiger partial charge is 0.353 e. The van der Waals surface area contributed by atoms with Gasteiger partial charge in [-0.3, -0.25) is 9.80 Å². The van der Waals surface area contributed by atoms with E-state index in [2.05, 4.69) is 60.0 Å². The molecule has 2 aromatic carbocycles.